The van der Waals surface area contributed by atoms with E-state index in [0.717, 1.165) is 16.5 Å². The number of aryl methyl sites for hydroxylation is 3. The molecule has 0 unspecified atom stereocenters. The third kappa shape index (κ3) is 2.68. The molecule has 3 aromatic rings. The number of fused-ring (bicyclic) bond motifs is 1. The Morgan fingerprint density at radius 2 is 2.09 bits per heavy atom. The number of amides is 1. The van der Waals surface area contributed by atoms with Gasteiger partial charge >= 0.3 is 0 Å². The molecule has 0 saturated heterocycles. The molecular formula is C17H17ClN4O. The predicted octanol–water partition coefficient (Wildman–Crippen LogP) is 3.97. The molecule has 0 radical (unpaired) electrons. The summed E-state index contributed by atoms with van der Waals surface area (Å²) in [5.41, 5.74) is 3.67. The van der Waals surface area contributed by atoms with Crippen LogP contribution in [0.15, 0.2) is 30.5 Å². The molecule has 0 spiro atoms. The Labute approximate surface area is 139 Å². The van der Waals surface area contributed by atoms with Gasteiger partial charge in [-0.2, -0.15) is 5.10 Å². The number of carbonyl (C=O) groups is 1. The predicted molar refractivity (Wildman–Crippen MR) is 92.1 cm³/mol. The number of anilines is 1. The van der Waals surface area contributed by atoms with Gasteiger partial charge in [0.25, 0.3) is 5.91 Å². The summed E-state index contributed by atoms with van der Waals surface area (Å²) in [6, 6.07) is 7.61. The first-order chi connectivity index (χ1) is 11.0. The molecule has 0 aliphatic rings. The molecular weight excluding hydrogens is 312 g/mol. The number of rotatable bonds is 3. The van der Waals surface area contributed by atoms with E-state index in [2.05, 4.69) is 15.4 Å². The molecule has 2 aromatic heterocycles. The van der Waals surface area contributed by atoms with Crippen molar-refractivity contribution in [3.63, 3.8) is 0 Å². The largest absolute Gasteiger partial charge is 0.321 e. The maximum atomic E-state index is 12.6. The lowest BCUT2D eigenvalue weighted by molar-refractivity contribution is 0.102. The molecule has 1 N–H and O–H groups in total. The zero-order chi connectivity index (χ0) is 16.6. The first-order valence-corrected chi connectivity index (χ1v) is 7.79. The van der Waals surface area contributed by atoms with E-state index in [1.807, 2.05) is 38.1 Å². The number of carbonyl (C=O) groups excluding carboxylic acids is 1. The van der Waals surface area contributed by atoms with Crippen LogP contribution in [0.25, 0.3) is 10.9 Å². The van der Waals surface area contributed by atoms with E-state index in [4.69, 9.17) is 11.6 Å². The van der Waals surface area contributed by atoms with Crippen LogP contribution >= 0.6 is 11.6 Å². The number of pyridine rings is 1. The Balaban J connectivity index is 2.02. The summed E-state index contributed by atoms with van der Waals surface area (Å²) in [6.07, 6.45) is 1.74. The van der Waals surface area contributed by atoms with Crippen molar-refractivity contribution in [2.24, 2.45) is 0 Å². The van der Waals surface area contributed by atoms with Gasteiger partial charge < -0.3 is 5.32 Å². The molecule has 1 amide bonds. The topological polar surface area (TPSA) is 59.8 Å². The molecule has 118 valence electrons. The Morgan fingerprint density at radius 1 is 1.30 bits per heavy atom. The first-order valence-electron chi connectivity index (χ1n) is 7.41. The Hall–Kier alpha value is -2.40. The molecule has 0 saturated carbocycles. The van der Waals surface area contributed by atoms with Crippen LogP contribution in [-0.4, -0.2) is 20.7 Å². The highest BCUT2D eigenvalue weighted by molar-refractivity contribution is 6.33. The van der Waals surface area contributed by atoms with Gasteiger partial charge in [-0.1, -0.05) is 17.7 Å². The van der Waals surface area contributed by atoms with Crippen LogP contribution in [0.5, 0.6) is 0 Å². The molecule has 5 nitrogen and oxygen atoms in total. The zero-order valence-corrected chi connectivity index (χ0v) is 14.0. The summed E-state index contributed by atoms with van der Waals surface area (Å²) in [5.74, 6) is -0.263. The minimum absolute atomic E-state index is 0.263. The van der Waals surface area contributed by atoms with Gasteiger partial charge in [-0.15, -0.1) is 0 Å². The van der Waals surface area contributed by atoms with Crippen molar-refractivity contribution in [3.05, 3.63) is 52.4 Å². The van der Waals surface area contributed by atoms with E-state index in [9.17, 15) is 4.79 Å². The molecule has 23 heavy (non-hydrogen) atoms. The average molecular weight is 329 g/mol. The standard InChI is InChI=1S/C17H17ClN4O/c1-4-22-16(18)14(11(3)21-22)17(23)20-13-8-7-10(2)15-12(13)6-5-9-19-15/h5-9H,4H2,1-3H3,(H,20,23). The second-order valence-electron chi connectivity index (χ2n) is 5.35. The molecule has 0 atom stereocenters. The minimum Gasteiger partial charge on any atom is -0.321 e. The fourth-order valence-corrected chi connectivity index (χ4v) is 3.01. The lowest BCUT2D eigenvalue weighted by Gasteiger charge is -2.10. The summed E-state index contributed by atoms with van der Waals surface area (Å²) >= 11 is 6.26. The lowest BCUT2D eigenvalue weighted by Crippen LogP contribution is -2.13. The average Bonchev–Trinajstić information content (AvgIpc) is 2.84. The number of aromatic nitrogens is 3. The van der Waals surface area contributed by atoms with Crippen LogP contribution in [0.3, 0.4) is 0 Å². The monoisotopic (exact) mass is 328 g/mol. The molecule has 2 heterocycles. The van der Waals surface area contributed by atoms with E-state index in [1.165, 1.54) is 0 Å². The number of nitrogens with one attached hydrogen (secondary N) is 1. The molecule has 3 rings (SSSR count). The maximum Gasteiger partial charge on any atom is 0.260 e. The normalized spacial score (nSPS) is 11.0. The fourth-order valence-electron chi connectivity index (χ4n) is 2.63. The van der Waals surface area contributed by atoms with Gasteiger partial charge in [-0.25, -0.2) is 0 Å². The number of nitrogens with zero attached hydrogens (tertiary/aromatic N) is 3. The van der Waals surface area contributed by atoms with Crippen LogP contribution in [-0.2, 0) is 6.54 Å². The molecule has 0 aliphatic carbocycles. The molecule has 0 fully saturated rings. The summed E-state index contributed by atoms with van der Waals surface area (Å²) in [5, 5.41) is 8.47. The highest BCUT2D eigenvalue weighted by Gasteiger charge is 2.20. The van der Waals surface area contributed by atoms with E-state index >= 15 is 0 Å². The van der Waals surface area contributed by atoms with Crippen LogP contribution in [0, 0.1) is 13.8 Å². The van der Waals surface area contributed by atoms with Gasteiger partial charge in [0.15, 0.2) is 0 Å². The molecule has 0 bridgehead atoms. The summed E-state index contributed by atoms with van der Waals surface area (Å²) in [7, 11) is 0. The second kappa shape index (κ2) is 6.01. The van der Waals surface area contributed by atoms with Crippen LogP contribution in [0.1, 0.15) is 28.5 Å². The van der Waals surface area contributed by atoms with E-state index in [-0.39, 0.29) is 5.91 Å². The first kappa shape index (κ1) is 15.5. The minimum atomic E-state index is -0.263. The van der Waals surface area contributed by atoms with Crippen molar-refractivity contribution < 1.29 is 4.79 Å². The van der Waals surface area contributed by atoms with Gasteiger partial charge in [-0.3, -0.25) is 14.5 Å². The third-order valence-electron chi connectivity index (χ3n) is 3.81. The number of hydrogen-bond acceptors (Lipinski definition) is 3. The van der Waals surface area contributed by atoms with E-state index in [0.29, 0.717) is 28.6 Å². The van der Waals surface area contributed by atoms with Crippen molar-refractivity contribution in [1.29, 1.82) is 0 Å². The van der Waals surface area contributed by atoms with Crippen LogP contribution in [0.4, 0.5) is 5.69 Å². The quantitative estimate of drug-likeness (QED) is 0.791. The zero-order valence-electron chi connectivity index (χ0n) is 13.2. The van der Waals surface area contributed by atoms with E-state index < -0.39 is 0 Å². The Morgan fingerprint density at radius 3 is 2.78 bits per heavy atom. The summed E-state index contributed by atoms with van der Waals surface area (Å²) in [6.45, 7) is 6.32. The van der Waals surface area contributed by atoms with Crippen LogP contribution in [0.2, 0.25) is 5.15 Å². The molecule has 0 aliphatic heterocycles. The van der Waals surface area contributed by atoms with Gasteiger partial charge in [-0.05, 0) is 44.5 Å². The number of halogens is 1. The highest BCUT2D eigenvalue weighted by Crippen LogP contribution is 2.26. The SMILES string of the molecule is CCn1nc(C)c(C(=O)Nc2ccc(C)c3ncccc23)c1Cl. The number of benzene rings is 1. The van der Waals surface area contributed by atoms with E-state index in [1.54, 1.807) is 17.8 Å². The molecule has 6 heteroatoms. The highest BCUT2D eigenvalue weighted by atomic mass is 35.5. The second-order valence-corrected chi connectivity index (χ2v) is 5.71. The van der Waals surface area contributed by atoms with Crippen LogP contribution < -0.4 is 5.32 Å². The van der Waals surface area contributed by atoms with Gasteiger partial charge in [0.2, 0.25) is 0 Å². The maximum absolute atomic E-state index is 12.6. The van der Waals surface area contributed by atoms with Crippen molar-refractivity contribution in [3.8, 4) is 0 Å². The summed E-state index contributed by atoms with van der Waals surface area (Å²) < 4.78 is 1.61. The number of hydrogen-bond donors (Lipinski definition) is 1. The Bertz CT molecular complexity index is 901. The molecule has 1 aromatic carbocycles. The third-order valence-corrected chi connectivity index (χ3v) is 4.20. The lowest BCUT2D eigenvalue weighted by atomic mass is 10.1. The van der Waals surface area contributed by atoms with Crippen molar-refractivity contribution in [1.82, 2.24) is 14.8 Å². The summed E-state index contributed by atoms with van der Waals surface area (Å²) in [4.78, 5) is 17.0. The Kier molecular flexibility index (Phi) is 4.05. The van der Waals surface area contributed by atoms with Gasteiger partial charge in [0.05, 0.1) is 22.5 Å². The van der Waals surface area contributed by atoms with Gasteiger partial charge in [0, 0.05) is 18.1 Å². The fraction of sp³-hybridized carbons (Fsp3) is 0.235. The van der Waals surface area contributed by atoms with Gasteiger partial charge in [0.1, 0.15) is 5.15 Å². The smallest absolute Gasteiger partial charge is 0.260 e. The van der Waals surface area contributed by atoms with Crippen molar-refractivity contribution in [2.45, 2.75) is 27.3 Å². The van der Waals surface area contributed by atoms with Crippen molar-refractivity contribution >= 4 is 34.1 Å². The van der Waals surface area contributed by atoms with Crippen molar-refractivity contribution in [2.75, 3.05) is 5.32 Å².